The Balaban J connectivity index is 2.23. The van der Waals surface area contributed by atoms with E-state index in [4.69, 9.17) is 4.74 Å². The summed E-state index contributed by atoms with van der Waals surface area (Å²) < 4.78 is 19.2. The number of hydrogen-bond acceptors (Lipinski definition) is 4. The van der Waals surface area contributed by atoms with Crippen molar-refractivity contribution >= 4 is 5.78 Å². The van der Waals surface area contributed by atoms with Gasteiger partial charge in [-0.25, -0.2) is 4.39 Å². The third-order valence-corrected chi connectivity index (χ3v) is 3.42. The number of rotatable bonds is 3. The van der Waals surface area contributed by atoms with Crippen LogP contribution in [0.3, 0.4) is 0 Å². The summed E-state index contributed by atoms with van der Waals surface area (Å²) in [4.78, 5) is 13.5. The number of Topliss-reactive ketones (excluding diaryl/α,β-unsaturated/α-hetero) is 1. The van der Waals surface area contributed by atoms with Crippen molar-refractivity contribution in [1.82, 2.24) is 4.90 Å². The van der Waals surface area contributed by atoms with Gasteiger partial charge in [-0.1, -0.05) is 0 Å². The van der Waals surface area contributed by atoms with Gasteiger partial charge in [0.15, 0.2) is 5.78 Å². The molecule has 0 radical (unpaired) electrons. The van der Waals surface area contributed by atoms with Crippen LogP contribution in [0.4, 0.5) is 4.39 Å². The number of halogens is 1. The third-order valence-electron chi connectivity index (χ3n) is 3.42. The van der Waals surface area contributed by atoms with E-state index in [-0.39, 0.29) is 29.3 Å². The quantitative estimate of drug-likeness (QED) is 0.864. The second kappa shape index (κ2) is 5.89. The average molecular weight is 281 g/mol. The molecule has 1 aliphatic rings. The molecular formula is C15H20FNO3. The summed E-state index contributed by atoms with van der Waals surface area (Å²) in [5, 5.41) is 10.1. The number of carbonyl (C=O) groups excluding carboxylic acids is 1. The van der Waals surface area contributed by atoms with E-state index in [2.05, 4.69) is 4.90 Å². The van der Waals surface area contributed by atoms with E-state index in [0.717, 1.165) is 19.2 Å². The molecule has 110 valence electrons. The number of benzene rings is 1. The zero-order valence-electron chi connectivity index (χ0n) is 12.0. The highest BCUT2D eigenvalue weighted by Crippen LogP contribution is 2.27. The lowest BCUT2D eigenvalue weighted by Gasteiger charge is -2.35. The van der Waals surface area contributed by atoms with Crippen LogP contribution in [0.1, 0.15) is 36.7 Å². The molecule has 1 N–H and O–H groups in total. The number of aromatic hydroxyl groups is 1. The Bertz CT molecular complexity index is 508. The standard InChI is InChI=1S/C15H20FNO3/c1-9-6-17(7-10(2)20-9)8-12-4-13(16)5-14(11(3)18)15(12)19/h4-5,9-10,19H,6-8H2,1-3H3/t9-,10+. The highest BCUT2D eigenvalue weighted by Gasteiger charge is 2.24. The summed E-state index contributed by atoms with van der Waals surface area (Å²) in [5.41, 5.74) is 0.478. The number of carbonyl (C=O) groups is 1. The molecule has 1 aromatic carbocycles. The van der Waals surface area contributed by atoms with Gasteiger partial charge in [-0.2, -0.15) is 0 Å². The molecule has 2 rings (SSSR count). The minimum Gasteiger partial charge on any atom is -0.507 e. The Morgan fingerprint density at radius 2 is 2.00 bits per heavy atom. The van der Waals surface area contributed by atoms with Gasteiger partial charge >= 0.3 is 0 Å². The molecule has 1 aromatic rings. The van der Waals surface area contributed by atoms with Gasteiger partial charge in [0.1, 0.15) is 11.6 Å². The first kappa shape index (κ1) is 14.9. The van der Waals surface area contributed by atoms with Crippen molar-refractivity contribution in [2.24, 2.45) is 0 Å². The molecule has 0 amide bonds. The largest absolute Gasteiger partial charge is 0.507 e. The van der Waals surface area contributed by atoms with Crippen LogP contribution in [-0.2, 0) is 11.3 Å². The number of phenols is 1. The maximum atomic E-state index is 13.6. The number of morpholine rings is 1. The Morgan fingerprint density at radius 1 is 1.40 bits per heavy atom. The molecular weight excluding hydrogens is 261 g/mol. The van der Waals surface area contributed by atoms with Crippen molar-refractivity contribution in [2.45, 2.75) is 39.5 Å². The van der Waals surface area contributed by atoms with Crippen molar-refractivity contribution in [3.05, 3.63) is 29.1 Å². The van der Waals surface area contributed by atoms with Gasteiger partial charge < -0.3 is 9.84 Å². The first-order valence-corrected chi connectivity index (χ1v) is 6.77. The fourth-order valence-electron chi connectivity index (χ4n) is 2.70. The lowest BCUT2D eigenvalue weighted by atomic mass is 10.0. The van der Waals surface area contributed by atoms with E-state index in [9.17, 15) is 14.3 Å². The molecule has 0 saturated carbocycles. The molecule has 20 heavy (non-hydrogen) atoms. The number of hydrogen-bond donors (Lipinski definition) is 1. The van der Waals surface area contributed by atoms with E-state index in [1.54, 1.807) is 0 Å². The zero-order chi connectivity index (χ0) is 14.9. The number of ketones is 1. The molecule has 1 heterocycles. The van der Waals surface area contributed by atoms with Crippen molar-refractivity contribution in [1.29, 1.82) is 0 Å². The van der Waals surface area contributed by atoms with Crippen LogP contribution < -0.4 is 0 Å². The van der Waals surface area contributed by atoms with Crippen LogP contribution in [0, 0.1) is 5.82 Å². The van der Waals surface area contributed by atoms with Crippen LogP contribution in [0.25, 0.3) is 0 Å². The predicted molar refractivity (Wildman–Crippen MR) is 73.4 cm³/mol. The van der Waals surface area contributed by atoms with E-state index >= 15 is 0 Å². The van der Waals surface area contributed by atoms with Gasteiger partial charge in [-0.15, -0.1) is 0 Å². The number of nitrogens with zero attached hydrogens (tertiary/aromatic N) is 1. The van der Waals surface area contributed by atoms with Crippen molar-refractivity contribution in [3.8, 4) is 5.75 Å². The van der Waals surface area contributed by atoms with E-state index in [1.807, 2.05) is 13.8 Å². The van der Waals surface area contributed by atoms with Crippen molar-refractivity contribution in [3.63, 3.8) is 0 Å². The smallest absolute Gasteiger partial charge is 0.163 e. The first-order chi connectivity index (χ1) is 9.36. The summed E-state index contributed by atoms with van der Waals surface area (Å²) in [6, 6.07) is 2.36. The van der Waals surface area contributed by atoms with Crippen LogP contribution in [0.15, 0.2) is 12.1 Å². The molecule has 0 aliphatic carbocycles. The first-order valence-electron chi connectivity index (χ1n) is 6.77. The summed E-state index contributed by atoms with van der Waals surface area (Å²) in [5.74, 6) is -0.963. The SMILES string of the molecule is CC(=O)c1cc(F)cc(CN2C[C@@H](C)O[C@@H](C)C2)c1O. The minimum absolute atomic E-state index is 0.0364. The number of phenolic OH excluding ortho intramolecular Hbond substituents is 1. The van der Waals surface area contributed by atoms with Gasteiger partial charge in [0.25, 0.3) is 0 Å². The normalized spacial score (nSPS) is 23.8. The topological polar surface area (TPSA) is 49.8 Å². The van der Waals surface area contributed by atoms with Gasteiger partial charge in [0, 0.05) is 25.2 Å². The lowest BCUT2D eigenvalue weighted by Crippen LogP contribution is -2.44. The minimum atomic E-state index is -0.502. The van der Waals surface area contributed by atoms with Crippen LogP contribution in [0.2, 0.25) is 0 Å². The monoisotopic (exact) mass is 281 g/mol. The van der Waals surface area contributed by atoms with Gasteiger partial charge in [0.2, 0.25) is 0 Å². The second-order valence-corrected chi connectivity index (χ2v) is 5.47. The molecule has 1 fully saturated rings. The Kier molecular flexibility index (Phi) is 4.40. The maximum absolute atomic E-state index is 13.6. The predicted octanol–water partition coefficient (Wildman–Crippen LogP) is 2.34. The average Bonchev–Trinajstić information content (AvgIpc) is 2.31. The van der Waals surface area contributed by atoms with Gasteiger partial charge in [-0.3, -0.25) is 9.69 Å². The molecule has 0 aromatic heterocycles. The molecule has 1 saturated heterocycles. The fourth-order valence-corrected chi connectivity index (χ4v) is 2.70. The molecule has 2 atom stereocenters. The van der Waals surface area contributed by atoms with Crippen molar-refractivity contribution in [2.75, 3.05) is 13.1 Å². The summed E-state index contributed by atoms with van der Waals surface area (Å²) >= 11 is 0. The number of ether oxygens (including phenoxy) is 1. The maximum Gasteiger partial charge on any atom is 0.163 e. The Labute approximate surface area is 118 Å². The molecule has 4 nitrogen and oxygen atoms in total. The van der Waals surface area contributed by atoms with E-state index in [0.29, 0.717) is 12.1 Å². The van der Waals surface area contributed by atoms with Crippen LogP contribution in [0.5, 0.6) is 5.75 Å². The van der Waals surface area contributed by atoms with Gasteiger partial charge in [0.05, 0.1) is 17.8 Å². The zero-order valence-corrected chi connectivity index (χ0v) is 12.0. The van der Waals surface area contributed by atoms with Gasteiger partial charge in [-0.05, 0) is 32.9 Å². The molecule has 0 spiro atoms. The highest BCUT2D eigenvalue weighted by atomic mass is 19.1. The molecule has 1 aliphatic heterocycles. The Hall–Kier alpha value is -1.46. The molecule has 0 bridgehead atoms. The fraction of sp³-hybridized carbons (Fsp3) is 0.533. The second-order valence-electron chi connectivity index (χ2n) is 5.47. The van der Waals surface area contributed by atoms with E-state index in [1.165, 1.54) is 13.0 Å². The lowest BCUT2D eigenvalue weighted by molar-refractivity contribution is -0.0706. The third kappa shape index (κ3) is 3.35. The van der Waals surface area contributed by atoms with Crippen LogP contribution in [-0.4, -0.2) is 41.1 Å². The highest BCUT2D eigenvalue weighted by molar-refractivity contribution is 5.97. The summed E-state index contributed by atoms with van der Waals surface area (Å²) in [6.07, 6.45) is 0.198. The molecule has 5 heteroatoms. The summed E-state index contributed by atoms with van der Waals surface area (Å²) in [6.45, 7) is 7.12. The molecule has 0 unspecified atom stereocenters. The van der Waals surface area contributed by atoms with Crippen molar-refractivity contribution < 1.29 is 19.0 Å². The van der Waals surface area contributed by atoms with E-state index < -0.39 is 5.82 Å². The Morgan fingerprint density at radius 3 is 2.55 bits per heavy atom. The van der Waals surface area contributed by atoms with Crippen LogP contribution >= 0.6 is 0 Å². The summed E-state index contributed by atoms with van der Waals surface area (Å²) in [7, 11) is 0.